The Morgan fingerprint density at radius 2 is 2.46 bits per heavy atom. The first kappa shape index (κ1) is 7.98. The summed E-state index contributed by atoms with van der Waals surface area (Å²) >= 11 is 0. The lowest BCUT2D eigenvalue weighted by molar-refractivity contribution is -0.132. The Bertz CT molecular complexity index is 361. The van der Waals surface area contributed by atoms with Crippen LogP contribution in [0.15, 0.2) is 40.4 Å². The molecule has 1 heterocycles. The van der Waals surface area contributed by atoms with Crippen molar-refractivity contribution in [2.45, 2.75) is 12.5 Å². The number of carbonyl (C=O) groups is 1. The first-order chi connectivity index (χ1) is 6.29. The molecular formula is C10H9NO2. The molecule has 0 bridgehead atoms. The van der Waals surface area contributed by atoms with Crippen molar-refractivity contribution in [2.24, 2.45) is 4.99 Å². The van der Waals surface area contributed by atoms with Crippen molar-refractivity contribution in [3.8, 4) is 0 Å². The van der Waals surface area contributed by atoms with E-state index >= 15 is 0 Å². The maximum Gasteiger partial charge on any atom is 0.336 e. The molecule has 0 radical (unpaired) electrons. The summed E-state index contributed by atoms with van der Waals surface area (Å²) in [6.07, 6.45) is 9.71. The highest BCUT2D eigenvalue weighted by molar-refractivity contribution is 5.94. The van der Waals surface area contributed by atoms with Crippen LogP contribution in [0.3, 0.4) is 0 Å². The Morgan fingerprint density at radius 1 is 1.62 bits per heavy atom. The molecule has 3 nitrogen and oxygen atoms in total. The minimum Gasteiger partial charge on any atom is -0.478 e. The van der Waals surface area contributed by atoms with Crippen LogP contribution in [0.2, 0.25) is 0 Å². The quantitative estimate of drug-likeness (QED) is 0.653. The Hall–Kier alpha value is -1.64. The summed E-state index contributed by atoms with van der Waals surface area (Å²) in [6.45, 7) is 0. The van der Waals surface area contributed by atoms with Crippen molar-refractivity contribution < 1.29 is 9.90 Å². The van der Waals surface area contributed by atoms with Crippen LogP contribution in [0.1, 0.15) is 6.42 Å². The van der Waals surface area contributed by atoms with Gasteiger partial charge in [0.05, 0.1) is 11.6 Å². The summed E-state index contributed by atoms with van der Waals surface area (Å²) in [7, 11) is 0. The Kier molecular flexibility index (Phi) is 1.85. The van der Waals surface area contributed by atoms with Crippen LogP contribution in [0.25, 0.3) is 0 Å². The third kappa shape index (κ3) is 1.33. The van der Waals surface area contributed by atoms with Gasteiger partial charge < -0.3 is 5.11 Å². The van der Waals surface area contributed by atoms with E-state index in [0.717, 1.165) is 12.0 Å². The maximum absolute atomic E-state index is 10.8. The van der Waals surface area contributed by atoms with Gasteiger partial charge in [0.2, 0.25) is 0 Å². The summed E-state index contributed by atoms with van der Waals surface area (Å²) in [5, 5.41) is 8.88. The van der Waals surface area contributed by atoms with Crippen molar-refractivity contribution in [1.29, 1.82) is 0 Å². The number of hydrogen-bond donors (Lipinski definition) is 1. The first-order valence-electron chi connectivity index (χ1n) is 4.13. The minimum absolute atomic E-state index is 0.0788. The average molecular weight is 175 g/mol. The summed E-state index contributed by atoms with van der Waals surface area (Å²) in [5.41, 5.74) is 1.18. The number of carboxylic acid groups (broad SMARTS) is 1. The van der Waals surface area contributed by atoms with E-state index in [2.05, 4.69) is 4.99 Å². The second kappa shape index (κ2) is 3.01. The van der Waals surface area contributed by atoms with Gasteiger partial charge in [0.25, 0.3) is 0 Å². The molecular weight excluding hydrogens is 166 g/mol. The molecule has 3 heteroatoms. The molecule has 1 atom stereocenters. The van der Waals surface area contributed by atoms with Gasteiger partial charge in [0, 0.05) is 12.6 Å². The lowest BCUT2D eigenvalue weighted by Gasteiger charge is -2.19. The zero-order valence-electron chi connectivity index (χ0n) is 6.97. The van der Waals surface area contributed by atoms with Gasteiger partial charge in [-0.05, 0) is 11.6 Å². The number of nitrogens with zero attached hydrogens (tertiary/aromatic N) is 1. The number of dihydropyridines is 1. The molecule has 0 spiro atoms. The fraction of sp³-hybridized carbons (Fsp3) is 0.200. The van der Waals surface area contributed by atoms with Crippen LogP contribution in [0, 0.1) is 0 Å². The molecule has 66 valence electrons. The summed E-state index contributed by atoms with van der Waals surface area (Å²) in [4.78, 5) is 15.0. The van der Waals surface area contributed by atoms with E-state index in [-0.39, 0.29) is 6.04 Å². The largest absolute Gasteiger partial charge is 0.478 e. The maximum atomic E-state index is 10.8. The molecule has 13 heavy (non-hydrogen) atoms. The fourth-order valence-corrected chi connectivity index (χ4v) is 1.53. The minimum atomic E-state index is -0.877. The highest BCUT2D eigenvalue weighted by Gasteiger charge is 2.22. The molecule has 0 fully saturated rings. The third-order valence-electron chi connectivity index (χ3n) is 2.13. The number of aliphatic imine (C=N–C) groups is 1. The van der Waals surface area contributed by atoms with E-state index in [1.165, 1.54) is 0 Å². The van der Waals surface area contributed by atoms with Gasteiger partial charge in [-0.15, -0.1) is 0 Å². The van der Waals surface area contributed by atoms with E-state index in [1.54, 1.807) is 12.2 Å². The molecule has 2 rings (SSSR count). The molecule has 0 saturated carbocycles. The summed E-state index contributed by atoms with van der Waals surface area (Å²) in [6, 6.07) is -0.0788. The zero-order chi connectivity index (χ0) is 9.26. The van der Waals surface area contributed by atoms with Crippen molar-refractivity contribution >= 4 is 12.2 Å². The Morgan fingerprint density at radius 3 is 3.23 bits per heavy atom. The second-order valence-electron chi connectivity index (χ2n) is 2.94. The number of fused-ring (bicyclic) bond motifs is 1. The van der Waals surface area contributed by atoms with E-state index in [0.29, 0.717) is 5.57 Å². The van der Waals surface area contributed by atoms with Crippen LogP contribution < -0.4 is 0 Å². The highest BCUT2D eigenvalue weighted by atomic mass is 16.4. The van der Waals surface area contributed by atoms with Gasteiger partial charge in [-0.1, -0.05) is 18.2 Å². The van der Waals surface area contributed by atoms with Gasteiger partial charge in [-0.3, -0.25) is 4.99 Å². The number of aliphatic carboxylic acids is 1. The Labute approximate surface area is 75.8 Å². The second-order valence-corrected chi connectivity index (χ2v) is 2.94. The van der Waals surface area contributed by atoms with E-state index in [1.807, 2.05) is 18.4 Å². The molecule has 0 aromatic rings. The molecule has 1 aliphatic carbocycles. The lowest BCUT2D eigenvalue weighted by Crippen LogP contribution is -2.18. The standard InChI is InChI=1S/C10H9NO2/c12-10(13)8-3-1-5-9-7(8)4-2-6-11-9/h1,3-6,9H,2H2,(H,12,13). The van der Waals surface area contributed by atoms with E-state index in [4.69, 9.17) is 5.11 Å². The third-order valence-corrected chi connectivity index (χ3v) is 2.13. The number of rotatable bonds is 1. The molecule has 1 aliphatic heterocycles. The summed E-state index contributed by atoms with van der Waals surface area (Å²) in [5.74, 6) is -0.877. The predicted octanol–water partition coefficient (Wildman–Crippen LogP) is 1.34. The normalized spacial score (nSPS) is 24.8. The number of allylic oxidation sites excluding steroid dienone is 3. The molecule has 0 amide bonds. The highest BCUT2D eigenvalue weighted by Crippen LogP contribution is 2.25. The fourth-order valence-electron chi connectivity index (χ4n) is 1.53. The van der Waals surface area contributed by atoms with Gasteiger partial charge in [-0.25, -0.2) is 4.79 Å². The van der Waals surface area contributed by atoms with Crippen LogP contribution in [0.5, 0.6) is 0 Å². The van der Waals surface area contributed by atoms with E-state index < -0.39 is 5.97 Å². The molecule has 0 saturated heterocycles. The number of hydrogen-bond acceptors (Lipinski definition) is 2. The van der Waals surface area contributed by atoms with Crippen molar-refractivity contribution in [2.75, 3.05) is 0 Å². The number of carboxylic acids is 1. The van der Waals surface area contributed by atoms with Crippen LogP contribution in [0.4, 0.5) is 0 Å². The summed E-state index contributed by atoms with van der Waals surface area (Å²) < 4.78 is 0. The lowest BCUT2D eigenvalue weighted by atomic mass is 9.92. The van der Waals surface area contributed by atoms with Crippen molar-refractivity contribution in [1.82, 2.24) is 0 Å². The van der Waals surface area contributed by atoms with E-state index in [9.17, 15) is 4.79 Å². The molecule has 1 N–H and O–H groups in total. The SMILES string of the molecule is O=C(O)C1=CC=CC2N=CCC=C12. The molecule has 0 aromatic carbocycles. The topological polar surface area (TPSA) is 49.7 Å². The van der Waals surface area contributed by atoms with Crippen molar-refractivity contribution in [3.05, 3.63) is 35.5 Å². The zero-order valence-corrected chi connectivity index (χ0v) is 6.97. The monoisotopic (exact) mass is 175 g/mol. The molecule has 2 aliphatic rings. The Balaban J connectivity index is 2.39. The van der Waals surface area contributed by atoms with Crippen LogP contribution in [-0.2, 0) is 4.79 Å². The van der Waals surface area contributed by atoms with Gasteiger partial charge in [-0.2, -0.15) is 0 Å². The van der Waals surface area contributed by atoms with Gasteiger partial charge in [0.1, 0.15) is 0 Å². The average Bonchev–Trinajstić information content (AvgIpc) is 2.17. The molecule has 1 unspecified atom stereocenters. The predicted molar refractivity (Wildman–Crippen MR) is 49.8 cm³/mol. The van der Waals surface area contributed by atoms with Gasteiger partial charge >= 0.3 is 5.97 Å². The smallest absolute Gasteiger partial charge is 0.336 e. The first-order valence-corrected chi connectivity index (χ1v) is 4.13. The van der Waals surface area contributed by atoms with Crippen LogP contribution in [-0.4, -0.2) is 23.3 Å². The molecule has 0 aromatic heterocycles. The van der Waals surface area contributed by atoms with Crippen LogP contribution >= 0.6 is 0 Å². The van der Waals surface area contributed by atoms with Gasteiger partial charge in [0.15, 0.2) is 0 Å². The van der Waals surface area contributed by atoms with Crippen molar-refractivity contribution in [3.63, 3.8) is 0 Å².